The zero-order valence-corrected chi connectivity index (χ0v) is 22.9. The molecule has 2 N–H and O–H groups in total. The molecule has 0 amide bonds. The summed E-state index contributed by atoms with van der Waals surface area (Å²) in [6, 6.07) is 8.00. The molecule has 2 aromatic carbocycles. The van der Waals surface area contributed by atoms with E-state index < -0.39 is 41.9 Å². The molecule has 2 aliphatic heterocycles. The van der Waals surface area contributed by atoms with Crippen molar-refractivity contribution in [3.05, 3.63) is 73.8 Å². The number of carboxylic acid groups (broad SMARTS) is 1. The number of benzene rings is 2. The number of halogens is 1. The van der Waals surface area contributed by atoms with Crippen molar-refractivity contribution >= 4 is 35.1 Å². The van der Waals surface area contributed by atoms with E-state index in [9.17, 15) is 29.8 Å². The second-order valence-corrected chi connectivity index (χ2v) is 10.9. The van der Waals surface area contributed by atoms with Crippen LogP contribution in [0.5, 0.6) is 5.75 Å². The Labute approximate surface area is 240 Å². The first-order valence-electron chi connectivity index (χ1n) is 14.0. The molecule has 1 aromatic heterocycles. The van der Waals surface area contributed by atoms with Gasteiger partial charge >= 0.3 is 13.1 Å². The summed E-state index contributed by atoms with van der Waals surface area (Å²) >= 11 is 0. The zero-order chi connectivity index (χ0) is 29.7. The molecule has 14 heteroatoms. The number of ether oxygens (including phenoxy) is 1. The molecule has 2 unspecified atom stereocenters. The van der Waals surface area contributed by atoms with Crippen LogP contribution in [0.4, 0.5) is 10.1 Å². The number of rotatable bonds is 9. The SMILES string of the molecule is CCC(Oc1cccc2c1B(O)OC2C[N+](=O)[O-])N1CCN(c2cc3c(cc2F)c(=O)c(C(=O)O)cn3C2CC2)CC1. The summed E-state index contributed by atoms with van der Waals surface area (Å²) in [5, 5.41) is 31.1. The number of pyridine rings is 1. The van der Waals surface area contributed by atoms with Crippen LogP contribution in [0.3, 0.4) is 0 Å². The minimum absolute atomic E-state index is 0.0585. The number of aromatic nitrogens is 1. The first kappa shape index (κ1) is 28.1. The topological polar surface area (TPSA) is 148 Å². The third-order valence-electron chi connectivity index (χ3n) is 8.25. The Kier molecular flexibility index (Phi) is 7.37. The van der Waals surface area contributed by atoms with Crippen LogP contribution in [0.1, 0.15) is 54.3 Å². The molecular weight excluding hydrogens is 550 g/mol. The van der Waals surface area contributed by atoms with E-state index in [1.54, 1.807) is 28.8 Å². The van der Waals surface area contributed by atoms with Gasteiger partial charge in [0, 0.05) is 54.2 Å². The molecule has 3 aliphatic rings. The molecule has 0 radical (unpaired) electrons. The average Bonchev–Trinajstić information content (AvgIpc) is 3.76. The van der Waals surface area contributed by atoms with E-state index in [2.05, 4.69) is 4.90 Å². The van der Waals surface area contributed by atoms with Crippen molar-refractivity contribution in [1.29, 1.82) is 0 Å². The van der Waals surface area contributed by atoms with Gasteiger partial charge < -0.3 is 29.0 Å². The van der Waals surface area contributed by atoms with E-state index in [1.165, 1.54) is 6.20 Å². The lowest BCUT2D eigenvalue weighted by Gasteiger charge is -2.40. The first-order chi connectivity index (χ1) is 20.2. The van der Waals surface area contributed by atoms with Gasteiger partial charge in [-0.25, -0.2) is 9.18 Å². The average molecular weight is 580 g/mol. The number of fused-ring (bicyclic) bond motifs is 2. The van der Waals surface area contributed by atoms with Crippen LogP contribution in [0.15, 0.2) is 41.3 Å². The van der Waals surface area contributed by atoms with Crippen LogP contribution in [-0.4, -0.2) is 76.6 Å². The van der Waals surface area contributed by atoms with E-state index in [0.717, 1.165) is 18.9 Å². The van der Waals surface area contributed by atoms with Gasteiger partial charge in [0.25, 0.3) is 0 Å². The van der Waals surface area contributed by atoms with Gasteiger partial charge in [0.05, 0.1) is 11.2 Å². The van der Waals surface area contributed by atoms with E-state index in [0.29, 0.717) is 60.6 Å². The Hall–Kier alpha value is -4.01. The van der Waals surface area contributed by atoms with Crippen LogP contribution in [0.25, 0.3) is 10.9 Å². The van der Waals surface area contributed by atoms with Crippen molar-refractivity contribution in [2.24, 2.45) is 0 Å². The van der Waals surface area contributed by atoms with Crippen LogP contribution in [-0.2, 0) is 4.65 Å². The van der Waals surface area contributed by atoms with E-state index in [1.807, 2.05) is 11.8 Å². The normalized spacial score (nSPS) is 19.6. The molecule has 3 heterocycles. The molecule has 0 bridgehead atoms. The predicted octanol–water partition coefficient (Wildman–Crippen LogP) is 2.15. The molecule has 1 saturated heterocycles. The lowest BCUT2D eigenvalue weighted by atomic mass is 9.78. The quantitative estimate of drug-likeness (QED) is 0.219. The second kappa shape index (κ2) is 11.0. The van der Waals surface area contributed by atoms with Crippen LogP contribution >= 0.6 is 0 Å². The van der Waals surface area contributed by atoms with Crippen molar-refractivity contribution in [2.45, 2.75) is 44.6 Å². The Morgan fingerprint density at radius 2 is 2.00 bits per heavy atom. The van der Waals surface area contributed by atoms with Crippen molar-refractivity contribution < 1.29 is 33.6 Å². The third-order valence-corrected chi connectivity index (χ3v) is 8.25. The first-order valence-corrected chi connectivity index (χ1v) is 14.0. The minimum atomic E-state index is -1.33. The minimum Gasteiger partial charge on any atom is -0.477 e. The van der Waals surface area contributed by atoms with Gasteiger partial charge in [-0.05, 0) is 43.0 Å². The number of hydrogen-bond donors (Lipinski definition) is 2. The number of carbonyl (C=O) groups is 1. The molecule has 42 heavy (non-hydrogen) atoms. The van der Waals surface area contributed by atoms with Crippen LogP contribution in [0.2, 0.25) is 0 Å². The van der Waals surface area contributed by atoms with Gasteiger partial charge in [0.15, 0.2) is 6.23 Å². The molecule has 2 atom stereocenters. The van der Waals surface area contributed by atoms with Gasteiger partial charge in [-0.1, -0.05) is 19.1 Å². The second-order valence-electron chi connectivity index (χ2n) is 10.9. The Morgan fingerprint density at radius 3 is 2.64 bits per heavy atom. The van der Waals surface area contributed by atoms with Gasteiger partial charge in [-0.3, -0.25) is 19.8 Å². The summed E-state index contributed by atoms with van der Waals surface area (Å²) < 4.78 is 28.9. The van der Waals surface area contributed by atoms with E-state index in [-0.39, 0.29) is 23.2 Å². The molecule has 6 rings (SSSR count). The van der Waals surface area contributed by atoms with Crippen molar-refractivity contribution in [2.75, 3.05) is 37.6 Å². The van der Waals surface area contributed by atoms with Gasteiger partial charge in [0.2, 0.25) is 12.0 Å². The Morgan fingerprint density at radius 1 is 1.26 bits per heavy atom. The summed E-state index contributed by atoms with van der Waals surface area (Å²) in [5.74, 6) is -1.51. The number of hydrogen-bond acceptors (Lipinski definition) is 9. The maximum absolute atomic E-state index is 15.4. The summed E-state index contributed by atoms with van der Waals surface area (Å²) in [7, 11) is -1.33. The lowest BCUT2D eigenvalue weighted by Crippen LogP contribution is -2.52. The van der Waals surface area contributed by atoms with Crippen LogP contribution < -0.4 is 20.5 Å². The molecular formula is C28H30BFN4O8. The molecule has 12 nitrogen and oxygen atoms in total. The van der Waals surface area contributed by atoms with Gasteiger partial charge in [-0.2, -0.15) is 0 Å². The summed E-state index contributed by atoms with van der Waals surface area (Å²) in [6.07, 6.45) is 2.49. The van der Waals surface area contributed by atoms with Crippen LogP contribution in [0, 0.1) is 15.9 Å². The zero-order valence-electron chi connectivity index (χ0n) is 22.9. The molecule has 0 spiro atoms. The largest absolute Gasteiger partial charge is 0.496 e. The number of carboxylic acids is 1. The summed E-state index contributed by atoms with van der Waals surface area (Å²) in [6.45, 7) is 3.55. The maximum Gasteiger partial charge on any atom is 0.496 e. The number of nitrogens with zero attached hydrogens (tertiary/aromatic N) is 4. The van der Waals surface area contributed by atoms with Gasteiger partial charge in [-0.15, -0.1) is 0 Å². The highest BCUT2D eigenvalue weighted by Crippen LogP contribution is 2.38. The predicted molar refractivity (Wildman–Crippen MR) is 152 cm³/mol. The van der Waals surface area contributed by atoms with E-state index >= 15 is 4.39 Å². The maximum atomic E-state index is 15.4. The molecule has 220 valence electrons. The van der Waals surface area contributed by atoms with Crippen molar-refractivity contribution in [3.8, 4) is 5.75 Å². The number of nitro groups is 1. The summed E-state index contributed by atoms with van der Waals surface area (Å²) in [4.78, 5) is 39.0. The number of aromatic carboxylic acids is 1. The van der Waals surface area contributed by atoms with Crippen molar-refractivity contribution in [3.63, 3.8) is 0 Å². The fourth-order valence-corrected chi connectivity index (χ4v) is 6.00. The number of piperazine rings is 1. The standard InChI is InChI=1S/C28H30BFN4O8/c1-2-25(41-23-5-3-4-17-24(15-34(39)40)42-29(38)26(17)23)32-10-8-31(9-11-32)22-13-21-18(12-20(22)30)27(35)19(28(36)37)14-33(21)16-6-7-16/h3-5,12-14,16,24-25,38H,2,6-11,15H2,1H3,(H,36,37). The molecule has 2 fully saturated rings. The highest BCUT2D eigenvalue weighted by molar-refractivity contribution is 6.62. The molecule has 1 saturated carbocycles. The van der Waals surface area contributed by atoms with Gasteiger partial charge in [0.1, 0.15) is 23.2 Å². The lowest BCUT2D eigenvalue weighted by molar-refractivity contribution is -0.490. The Bertz CT molecular complexity index is 1620. The third kappa shape index (κ3) is 5.10. The van der Waals surface area contributed by atoms with E-state index in [4.69, 9.17) is 9.39 Å². The Balaban J connectivity index is 1.21. The fraction of sp³-hybridized carbons (Fsp3) is 0.429. The molecule has 3 aromatic rings. The fourth-order valence-electron chi connectivity index (χ4n) is 6.00. The number of anilines is 1. The molecule has 1 aliphatic carbocycles. The summed E-state index contributed by atoms with van der Waals surface area (Å²) in [5.41, 5.74) is 0.745. The highest BCUT2D eigenvalue weighted by Gasteiger charge is 2.41. The smallest absolute Gasteiger partial charge is 0.477 e. The highest BCUT2D eigenvalue weighted by atomic mass is 19.1. The van der Waals surface area contributed by atoms with Crippen molar-refractivity contribution in [1.82, 2.24) is 9.47 Å². The monoisotopic (exact) mass is 580 g/mol.